The number of hydrogen-bond acceptors (Lipinski definition) is 10. The molecule has 2 aromatic rings. The number of fused-ring (bicyclic) bond motifs is 2. The average Bonchev–Trinajstić information content (AvgIpc) is 3.48. The highest BCUT2D eigenvalue weighted by atomic mass is 16.6. The SMILES string of the molecule is CCC1(C)CC2CC(C)(C)CC(NC(=O)OCCN3CCC[C@H](NC(=O)Oc4ccc(C[C@H]5C(=O)OC[C@@H]5Cc5ccc(OC)c(OC)c5)cc4OC)C3)(C2)C1. The molecule has 2 aliphatic carbocycles. The van der Waals surface area contributed by atoms with E-state index in [1.165, 1.54) is 20.0 Å². The van der Waals surface area contributed by atoms with E-state index in [4.69, 9.17) is 28.4 Å². The molecule has 2 aliphatic heterocycles. The fourth-order valence-electron chi connectivity index (χ4n) is 10.5. The summed E-state index contributed by atoms with van der Waals surface area (Å²) >= 11 is 0. The van der Waals surface area contributed by atoms with Crippen molar-refractivity contribution < 1.29 is 42.8 Å². The van der Waals surface area contributed by atoms with Gasteiger partial charge in [-0.05, 0) is 116 Å². The van der Waals surface area contributed by atoms with Gasteiger partial charge in [0.25, 0.3) is 0 Å². The van der Waals surface area contributed by atoms with Crippen molar-refractivity contribution in [2.45, 2.75) is 103 Å². The van der Waals surface area contributed by atoms with Crippen LogP contribution in [0.4, 0.5) is 9.59 Å². The van der Waals surface area contributed by atoms with Crippen molar-refractivity contribution >= 4 is 18.2 Å². The van der Waals surface area contributed by atoms with Crippen LogP contribution in [0.3, 0.4) is 0 Å². The van der Waals surface area contributed by atoms with Gasteiger partial charge in [0.2, 0.25) is 0 Å². The molecule has 12 heteroatoms. The summed E-state index contributed by atoms with van der Waals surface area (Å²) in [4.78, 5) is 41.3. The molecular formula is C44H63N3O9. The van der Waals surface area contributed by atoms with Crippen LogP contribution in [-0.2, 0) is 27.1 Å². The Kier molecular flexibility index (Phi) is 13.0. The molecule has 2 heterocycles. The Labute approximate surface area is 332 Å². The molecule has 2 saturated heterocycles. The number of hydrogen-bond donors (Lipinski definition) is 2. The van der Waals surface area contributed by atoms with Gasteiger partial charge < -0.3 is 39.1 Å². The second kappa shape index (κ2) is 17.5. The molecule has 4 aliphatic rings. The lowest BCUT2D eigenvalue weighted by atomic mass is 9.52. The Balaban J connectivity index is 0.968. The summed E-state index contributed by atoms with van der Waals surface area (Å²) < 4.78 is 33.4. The van der Waals surface area contributed by atoms with Crippen LogP contribution in [0.5, 0.6) is 23.0 Å². The monoisotopic (exact) mass is 777 g/mol. The van der Waals surface area contributed by atoms with Crippen molar-refractivity contribution in [3.05, 3.63) is 47.5 Å². The van der Waals surface area contributed by atoms with E-state index in [-0.39, 0.29) is 52.9 Å². The van der Waals surface area contributed by atoms with E-state index < -0.39 is 6.09 Å². The third kappa shape index (κ3) is 10.2. The van der Waals surface area contributed by atoms with Crippen molar-refractivity contribution in [3.8, 4) is 23.0 Å². The molecule has 6 rings (SSSR count). The van der Waals surface area contributed by atoms with Gasteiger partial charge in [-0.2, -0.15) is 0 Å². The topological polar surface area (TPSA) is 134 Å². The highest BCUT2D eigenvalue weighted by molar-refractivity contribution is 5.75. The lowest BCUT2D eigenvalue weighted by Gasteiger charge is -2.57. The summed E-state index contributed by atoms with van der Waals surface area (Å²) in [6.07, 6.45) is 8.51. The van der Waals surface area contributed by atoms with Gasteiger partial charge in [-0.25, -0.2) is 9.59 Å². The number of benzene rings is 2. The third-order valence-electron chi connectivity index (χ3n) is 12.7. The summed E-state index contributed by atoms with van der Waals surface area (Å²) in [7, 11) is 4.73. The highest BCUT2D eigenvalue weighted by Gasteiger charge is 2.53. The number of nitrogens with zero attached hydrogens (tertiary/aromatic N) is 1. The van der Waals surface area contributed by atoms with Crippen molar-refractivity contribution in [1.82, 2.24) is 15.5 Å². The minimum atomic E-state index is -0.563. The smallest absolute Gasteiger partial charge is 0.412 e. The molecule has 2 aromatic carbocycles. The Bertz CT molecular complexity index is 1720. The molecular weight excluding hydrogens is 714 g/mol. The number of likely N-dealkylation sites (tertiary alicyclic amines) is 1. The van der Waals surface area contributed by atoms with E-state index in [1.807, 2.05) is 30.3 Å². The van der Waals surface area contributed by atoms with Gasteiger partial charge in [0.15, 0.2) is 23.0 Å². The Morgan fingerprint density at radius 3 is 2.29 bits per heavy atom. The van der Waals surface area contributed by atoms with Gasteiger partial charge in [-0.1, -0.05) is 46.2 Å². The van der Waals surface area contributed by atoms with Gasteiger partial charge in [0.1, 0.15) is 6.61 Å². The van der Waals surface area contributed by atoms with Crippen LogP contribution in [-0.4, -0.2) is 88.8 Å². The predicted octanol–water partition coefficient (Wildman–Crippen LogP) is 7.34. The molecule has 4 fully saturated rings. The minimum Gasteiger partial charge on any atom is -0.493 e. The number of ether oxygens (including phenoxy) is 6. The van der Waals surface area contributed by atoms with E-state index in [0.29, 0.717) is 61.5 Å². The highest BCUT2D eigenvalue weighted by Crippen LogP contribution is 2.57. The zero-order valence-electron chi connectivity index (χ0n) is 34.5. The first-order valence-electron chi connectivity index (χ1n) is 20.4. The zero-order valence-corrected chi connectivity index (χ0v) is 34.5. The first-order valence-corrected chi connectivity index (χ1v) is 20.4. The number of carbonyl (C=O) groups is 3. The predicted molar refractivity (Wildman–Crippen MR) is 212 cm³/mol. The summed E-state index contributed by atoms with van der Waals surface area (Å²) in [5.74, 6) is 2.04. The molecule has 2 saturated carbocycles. The lowest BCUT2D eigenvalue weighted by Crippen LogP contribution is -2.60. The fraction of sp³-hybridized carbons (Fsp3) is 0.659. The van der Waals surface area contributed by atoms with Crippen molar-refractivity contribution in [2.75, 3.05) is 54.2 Å². The number of nitrogens with one attached hydrogen (secondary N) is 2. The number of piperidine rings is 1. The maximum Gasteiger partial charge on any atom is 0.412 e. The number of amides is 2. The van der Waals surface area contributed by atoms with Crippen LogP contribution in [0.25, 0.3) is 0 Å². The van der Waals surface area contributed by atoms with Gasteiger partial charge in [0.05, 0.1) is 33.9 Å². The summed E-state index contributed by atoms with van der Waals surface area (Å²) in [6.45, 7) is 12.0. The zero-order chi connectivity index (χ0) is 40.1. The van der Waals surface area contributed by atoms with E-state index in [0.717, 1.165) is 56.2 Å². The number of carbonyl (C=O) groups excluding carboxylic acids is 3. The molecule has 0 aromatic heterocycles. The van der Waals surface area contributed by atoms with Gasteiger partial charge in [-0.15, -0.1) is 0 Å². The van der Waals surface area contributed by atoms with Gasteiger partial charge >= 0.3 is 18.2 Å². The summed E-state index contributed by atoms with van der Waals surface area (Å²) in [5, 5.41) is 6.38. The summed E-state index contributed by atoms with van der Waals surface area (Å²) in [5.41, 5.74) is 2.13. The number of esters is 1. The third-order valence-corrected chi connectivity index (χ3v) is 12.7. The molecule has 6 atom stereocenters. The number of methoxy groups -OCH3 is 3. The van der Waals surface area contributed by atoms with E-state index >= 15 is 0 Å². The molecule has 2 amide bonds. The van der Waals surface area contributed by atoms with E-state index in [9.17, 15) is 14.4 Å². The van der Waals surface area contributed by atoms with Crippen LogP contribution in [0.15, 0.2) is 36.4 Å². The first kappa shape index (κ1) is 41.4. The molecule has 0 spiro atoms. The van der Waals surface area contributed by atoms with E-state index in [2.05, 4.69) is 43.2 Å². The quantitative estimate of drug-likeness (QED) is 0.188. The van der Waals surface area contributed by atoms with Crippen LogP contribution in [0.1, 0.15) is 90.2 Å². The number of alkyl carbamates (subject to hydrolysis) is 1. The second-order valence-electron chi connectivity index (χ2n) is 18.0. The van der Waals surface area contributed by atoms with Crippen molar-refractivity contribution in [1.29, 1.82) is 0 Å². The fourth-order valence-corrected chi connectivity index (χ4v) is 10.5. The van der Waals surface area contributed by atoms with Crippen molar-refractivity contribution in [2.24, 2.45) is 28.6 Å². The average molecular weight is 778 g/mol. The van der Waals surface area contributed by atoms with Crippen LogP contribution < -0.4 is 29.6 Å². The largest absolute Gasteiger partial charge is 0.493 e. The Morgan fingerprint density at radius 2 is 1.57 bits per heavy atom. The molecule has 0 radical (unpaired) electrons. The molecule has 3 unspecified atom stereocenters. The van der Waals surface area contributed by atoms with Crippen LogP contribution >= 0.6 is 0 Å². The normalized spacial score (nSPS) is 28.4. The Morgan fingerprint density at radius 1 is 0.875 bits per heavy atom. The number of rotatable bonds is 14. The van der Waals surface area contributed by atoms with Crippen LogP contribution in [0, 0.1) is 28.6 Å². The van der Waals surface area contributed by atoms with Gasteiger partial charge in [0, 0.05) is 30.6 Å². The van der Waals surface area contributed by atoms with Crippen molar-refractivity contribution in [3.63, 3.8) is 0 Å². The minimum absolute atomic E-state index is 0.0157. The van der Waals surface area contributed by atoms with Gasteiger partial charge in [-0.3, -0.25) is 9.69 Å². The maximum atomic E-state index is 13.2. The van der Waals surface area contributed by atoms with E-state index in [1.54, 1.807) is 20.3 Å². The molecule has 308 valence electrons. The summed E-state index contributed by atoms with van der Waals surface area (Å²) in [6, 6.07) is 11.0. The molecule has 56 heavy (non-hydrogen) atoms. The lowest BCUT2D eigenvalue weighted by molar-refractivity contribution is -0.141. The molecule has 2 N–H and O–H groups in total. The van der Waals surface area contributed by atoms with Crippen LogP contribution in [0.2, 0.25) is 0 Å². The molecule has 2 bridgehead atoms. The Hall–Kier alpha value is -4.19. The molecule has 12 nitrogen and oxygen atoms in total. The standard InChI is InChI=1S/C44H63N3O9/c1-8-43(4)23-31-22-42(2,3)27-44(24-31,28-43)46-41(50)54-17-16-47-15-9-10-33(25-47)45-40(49)56-36-14-12-30(21-38(36)53-7)19-34-32(26-55-39(34)48)18-29-11-13-35(51-5)37(20-29)52-6/h11-14,20-21,31-34H,8-10,15-19,22-28H2,1-7H3,(H,45,49)(H,46,50)/t31?,32-,33-,34+,43?,44?/m0/s1. The first-order chi connectivity index (χ1) is 26.7. The second-order valence-corrected chi connectivity index (χ2v) is 18.0. The number of cyclic esters (lactones) is 1. The maximum absolute atomic E-state index is 13.2.